The smallest absolute Gasteiger partial charge is 0.00966 e. The molecule has 1 heterocycles. The minimum atomic E-state index is 0.255. The van der Waals surface area contributed by atoms with Crippen LogP contribution < -0.4 is 5.32 Å². The summed E-state index contributed by atoms with van der Waals surface area (Å²) in [5, 5.41) is 5.98. The zero-order valence-electron chi connectivity index (χ0n) is 10.8. The molecule has 1 nitrogen and oxygen atoms in total. The van der Waals surface area contributed by atoms with Gasteiger partial charge in [0.05, 0.1) is 0 Å². The number of thiophene rings is 1. The summed E-state index contributed by atoms with van der Waals surface area (Å²) in [4.78, 5) is 1.45. The lowest BCUT2D eigenvalue weighted by atomic mass is 9.70. The highest BCUT2D eigenvalue weighted by Crippen LogP contribution is 2.43. The van der Waals surface area contributed by atoms with E-state index in [1.807, 2.05) is 11.3 Å². The van der Waals surface area contributed by atoms with Crippen molar-refractivity contribution in [2.24, 2.45) is 5.92 Å². The van der Waals surface area contributed by atoms with Gasteiger partial charge in [-0.2, -0.15) is 0 Å². The lowest BCUT2D eigenvalue weighted by molar-refractivity contribution is 0.226. The average molecular weight is 237 g/mol. The van der Waals surface area contributed by atoms with E-state index >= 15 is 0 Å². The van der Waals surface area contributed by atoms with Crippen molar-refractivity contribution in [3.63, 3.8) is 0 Å². The first-order chi connectivity index (χ1) is 7.46. The Hall–Kier alpha value is -0.340. The molecule has 1 aliphatic carbocycles. The summed E-state index contributed by atoms with van der Waals surface area (Å²) in [7, 11) is 0. The highest BCUT2D eigenvalue weighted by atomic mass is 32.1. The Morgan fingerprint density at radius 3 is 2.56 bits per heavy atom. The number of hydrogen-bond acceptors (Lipinski definition) is 2. The van der Waals surface area contributed by atoms with Crippen molar-refractivity contribution in [3.05, 3.63) is 21.9 Å². The second-order valence-electron chi connectivity index (χ2n) is 6.07. The zero-order chi connectivity index (χ0) is 11.8. The van der Waals surface area contributed by atoms with Crippen LogP contribution in [0.25, 0.3) is 0 Å². The fourth-order valence-corrected chi connectivity index (χ4v) is 3.12. The summed E-state index contributed by atoms with van der Waals surface area (Å²) in [6.45, 7) is 10.1. The third-order valence-corrected chi connectivity index (χ3v) is 4.37. The zero-order valence-corrected chi connectivity index (χ0v) is 11.7. The van der Waals surface area contributed by atoms with Crippen molar-refractivity contribution >= 4 is 11.3 Å². The normalized spacial score (nSPS) is 25.5. The minimum Gasteiger partial charge on any atom is -0.312 e. The molecule has 1 fully saturated rings. The van der Waals surface area contributed by atoms with Gasteiger partial charge in [-0.15, -0.1) is 11.3 Å². The van der Waals surface area contributed by atoms with Gasteiger partial charge in [-0.3, -0.25) is 0 Å². The monoisotopic (exact) mass is 237 g/mol. The van der Waals surface area contributed by atoms with E-state index in [0.29, 0.717) is 0 Å². The molecule has 2 atom stereocenters. The van der Waals surface area contributed by atoms with Gasteiger partial charge in [0.1, 0.15) is 0 Å². The summed E-state index contributed by atoms with van der Waals surface area (Å²) < 4.78 is 0. The Morgan fingerprint density at radius 1 is 1.38 bits per heavy atom. The summed E-state index contributed by atoms with van der Waals surface area (Å²) in [6.07, 6.45) is 2.77. The summed E-state index contributed by atoms with van der Waals surface area (Å²) >= 11 is 1.89. The molecule has 2 heteroatoms. The van der Waals surface area contributed by atoms with E-state index in [2.05, 4.69) is 44.5 Å². The molecule has 16 heavy (non-hydrogen) atoms. The molecule has 0 radical (unpaired) electrons. The average Bonchev–Trinajstić information content (AvgIpc) is 2.47. The van der Waals surface area contributed by atoms with Crippen LogP contribution in [0.5, 0.6) is 0 Å². The number of hydrogen-bond donors (Lipinski definition) is 1. The molecule has 90 valence electrons. The predicted octanol–water partition coefficient (Wildman–Crippen LogP) is 3.94. The van der Waals surface area contributed by atoms with Crippen LogP contribution >= 0.6 is 11.3 Å². The maximum atomic E-state index is 3.63. The van der Waals surface area contributed by atoms with Crippen LogP contribution in [0.3, 0.4) is 0 Å². The fraction of sp³-hybridized carbons (Fsp3) is 0.714. The first kappa shape index (κ1) is 12.1. The molecular formula is C14H23NS. The Morgan fingerprint density at radius 2 is 2.12 bits per heavy atom. The molecule has 2 rings (SSSR count). The highest BCUT2D eigenvalue weighted by Gasteiger charge is 2.32. The van der Waals surface area contributed by atoms with Crippen LogP contribution in [0.1, 0.15) is 50.0 Å². The Kier molecular flexibility index (Phi) is 3.41. The minimum absolute atomic E-state index is 0.255. The molecule has 1 N–H and O–H groups in total. The van der Waals surface area contributed by atoms with Crippen molar-refractivity contribution in [1.82, 2.24) is 5.32 Å². The molecule has 0 bridgehead atoms. The number of rotatable bonds is 3. The maximum Gasteiger partial charge on any atom is 0.00966 e. The first-order valence-corrected chi connectivity index (χ1v) is 7.14. The molecule has 1 aliphatic rings. The standard InChI is InChI=1S/C14H23NS/c1-10-7-12(9-16-10)13-6-5-11(13)8-15-14(2,3)4/h7,9,11,13,15H,5-6,8H2,1-4H3. The quantitative estimate of drug-likeness (QED) is 0.839. The van der Waals surface area contributed by atoms with Gasteiger partial charge in [0, 0.05) is 10.4 Å². The van der Waals surface area contributed by atoms with Crippen LogP contribution in [-0.2, 0) is 0 Å². The van der Waals surface area contributed by atoms with Gasteiger partial charge in [0.2, 0.25) is 0 Å². The van der Waals surface area contributed by atoms with Crippen molar-refractivity contribution in [2.75, 3.05) is 6.54 Å². The lowest BCUT2D eigenvalue weighted by Crippen LogP contribution is -2.42. The molecule has 0 spiro atoms. The van der Waals surface area contributed by atoms with Crippen LogP contribution in [0.2, 0.25) is 0 Å². The maximum absolute atomic E-state index is 3.63. The third-order valence-electron chi connectivity index (χ3n) is 3.49. The van der Waals surface area contributed by atoms with Gasteiger partial charge < -0.3 is 5.32 Å². The molecule has 1 aromatic heterocycles. The van der Waals surface area contributed by atoms with Gasteiger partial charge in [-0.05, 0) is 75.9 Å². The predicted molar refractivity (Wildman–Crippen MR) is 72.3 cm³/mol. The second kappa shape index (κ2) is 4.50. The molecular weight excluding hydrogens is 214 g/mol. The summed E-state index contributed by atoms with van der Waals surface area (Å²) in [5.41, 5.74) is 1.83. The topological polar surface area (TPSA) is 12.0 Å². The summed E-state index contributed by atoms with van der Waals surface area (Å²) in [5.74, 6) is 1.67. The number of nitrogens with one attached hydrogen (secondary N) is 1. The van der Waals surface area contributed by atoms with E-state index < -0.39 is 0 Å². The van der Waals surface area contributed by atoms with E-state index in [9.17, 15) is 0 Å². The third kappa shape index (κ3) is 2.86. The Labute approximate surface area is 103 Å². The van der Waals surface area contributed by atoms with Crippen molar-refractivity contribution in [3.8, 4) is 0 Å². The fourth-order valence-electron chi connectivity index (χ4n) is 2.35. The van der Waals surface area contributed by atoms with E-state index in [4.69, 9.17) is 0 Å². The molecule has 0 aromatic carbocycles. The molecule has 1 aromatic rings. The van der Waals surface area contributed by atoms with E-state index in [1.54, 1.807) is 5.56 Å². The van der Waals surface area contributed by atoms with Gasteiger partial charge in [0.15, 0.2) is 0 Å². The van der Waals surface area contributed by atoms with Crippen LogP contribution in [0, 0.1) is 12.8 Å². The van der Waals surface area contributed by atoms with Crippen molar-refractivity contribution in [2.45, 2.75) is 52.0 Å². The molecule has 0 amide bonds. The molecule has 0 saturated heterocycles. The molecule has 2 unspecified atom stereocenters. The van der Waals surface area contributed by atoms with E-state index in [1.165, 1.54) is 24.3 Å². The van der Waals surface area contributed by atoms with E-state index in [-0.39, 0.29) is 5.54 Å². The van der Waals surface area contributed by atoms with Crippen LogP contribution in [0.4, 0.5) is 0 Å². The van der Waals surface area contributed by atoms with Gasteiger partial charge >= 0.3 is 0 Å². The van der Waals surface area contributed by atoms with E-state index in [0.717, 1.165) is 11.8 Å². The van der Waals surface area contributed by atoms with Crippen LogP contribution in [0.15, 0.2) is 11.4 Å². The number of aryl methyl sites for hydroxylation is 1. The van der Waals surface area contributed by atoms with Gasteiger partial charge in [-0.1, -0.05) is 0 Å². The largest absolute Gasteiger partial charge is 0.312 e. The SMILES string of the molecule is Cc1cc(C2CCC2CNC(C)(C)C)cs1. The first-order valence-electron chi connectivity index (χ1n) is 6.26. The van der Waals surface area contributed by atoms with Crippen LogP contribution in [-0.4, -0.2) is 12.1 Å². The van der Waals surface area contributed by atoms with Gasteiger partial charge in [0.25, 0.3) is 0 Å². The molecule has 1 saturated carbocycles. The Balaban J connectivity index is 1.89. The summed E-state index contributed by atoms with van der Waals surface area (Å²) in [6, 6.07) is 2.37. The van der Waals surface area contributed by atoms with Crippen molar-refractivity contribution in [1.29, 1.82) is 0 Å². The Bertz CT molecular complexity index is 348. The second-order valence-corrected chi connectivity index (χ2v) is 7.18. The van der Waals surface area contributed by atoms with Gasteiger partial charge in [-0.25, -0.2) is 0 Å². The highest BCUT2D eigenvalue weighted by molar-refractivity contribution is 7.10. The lowest BCUT2D eigenvalue weighted by Gasteiger charge is -2.38. The van der Waals surface area contributed by atoms with Crippen molar-refractivity contribution < 1.29 is 0 Å². The molecule has 0 aliphatic heterocycles.